The van der Waals surface area contributed by atoms with Crippen molar-refractivity contribution in [3.8, 4) is 21.3 Å². The van der Waals surface area contributed by atoms with Crippen LogP contribution in [0.2, 0.25) is 5.15 Å². The molecule has 3 heterocycles. The predicted molar refractivity (Wildman–Crippen MR) is 82.2 cm³/mol. The molecule has 3 nitrogen and oxygen atoms in total. The SMILES string of the molecule is Clc1ccc(Oc2scc3c2-c2sncc2CC3)cn1. The van der Waals surface area contributed by atoms with Crippen LogP contribution in [-0.4, -0.2) is 9.36 Å². The Kier molecular flexibility index (Phi) is 2.98. The van der Waals surface area contributed by atoms with Gasteiger partial charge < -0.3 is 4.74 Å². The van der Waals surface area contributed by atoms with Crippen LogP contribution in [0.1, 0.15) is 11.1 Å². The van der Waals surface area contributed by atoms with E-state index in [-0.39, 0.29) is 0 Å². The van der Waals surface area contributed by atoms with Crippen LogP contribution in [0.4, 0.5) is 0 Å². The van der Waals surface area contributed by atoms with Crippen molar-refractivity contribution in [3.05, 3.63) is 46.2 Å². The van der Waals surface area contributed by atoms with E-state index < -0.39 is 0 Å². The Labute approximate surface area is 129 Å². The molecule has 6 heteroatoms. The van der Waals surface area contributed by atoms with Gasteiger partial charge in [-0.1, -0.05) is 11.6 Å². The number of aromatic nitrogens is 2. The van der Waals surface area contributed by atoms with Crippen molar-refractivity contribution in [1.82, 2.24) is 9.36 Å². The maximum absolute atomic E-state index is 5.97. The highest BCUT2D eigenvalue weighted by molar-refractivity contribution is 7.14. The summed E-state index contributed by atoms with van der Waals surface area (Å²) in [6, 6.07) is 3.56. The molecule has 0 aliphatic heterocycles. The molecule has 1 aliphatic rings. The number of ether oxygens (including phenoxy) is 1. The van der Waals surface area contributed by atoms with E-state index in [9.17, 15) is 0 Å². The fourth-order valence-electron chi connectivity index (χ4n) is 2.31. The fraction of sp³-hybridized carbons (Fsp3) is 0.143. The molecule has 0 unspecified atom stereocenters. The van der Waals surface area contributed by atoms with Crippen molar-refractivity contribution in [2.24, 2.45) is 0 Å². The van der Waals surface area contributed by atoms with Gasteiger partial charge in [0.25, 0.3) is 0 Å². The Bertz CT molecular complexity index is 764. The summed E-state index contributed by atoms with van der Waals surface area (Å²) >= 11 is 8.96. The molecule has 0 amide bonds. The molecule has 0 spiro atoms. The molecule has 0 fully saturated rings. The lowest BCUT2D eigenvalue weighted by atomic mass is 9.95. The van der Waals surface area contributed by atoms with Crippen LogP contribution < -0.4 is 4.74 Å². The van der Waals surface area contributed by atoms with Crippen LogP contribution in [0.15, 0.2) is 29.9 Å². The first-order valence-electron chi connectivity index (χ1n) is 6.15. The van der Waals surface area contributed by atoms with E-state index in [0.717, 1.165) is 17.9 Å². The molecule has 0 saturated carbocycles. The maximum atomic E-state index is 5.97. The minimum atomic E-state index is 0.468. The van der Waals surface area contributed by atoms with Gasteiger partial charge in [0.05, 0.1) is 16.6 Å². The van der Waals surface area contributed by atoms with Gasteiger partial charge in [-0.05, 0) is 53.0 Å². The fourth-order valence-corrected chi connectivity index (χ4v) is 4.34. The number of hydrogen-bond acceptors (Lipinski definition) is 5. The molecular formula is C14H9ClN2OS2. The highest BCUT2D eigenvalue weighted by Crippen LogP contribution is 2.47. The second-order valence-electron chi connectivity index (χ2n) is 4.52. The highest BCUT2D eigenvalue weighted by Gasteiger charge is 2.24. The van der Waals surface area contributed by atoms with Gasteiger partial charge in [-0.2, -0.15) is 0 Å². The summed E-state index contributed by atoms with van der Waals surface area (Å²) in [6.45, 7) is 0. The van der Waals surface area contributed by atoms with E-state index in [1.807, 2.05) is 12.3 Å². The Hall–Kier alpha value is -1.43. The van der Waals surface area contributed by atoms with Crippen molar-refractivity contribution in [3.63, 3.8) is 0 Å². The van der Waals surface area contributed by atoms with Crippen LogP contribution in [0.25, 0.3) is 10.4 Å². The Morgan fingerprint density at radius 1 is 1.15 bits per heavy atom. The second kappa shape index (κ2) is 4.84. The van der Waals surface area contributed by atoms with E-state index in [2.05, 4.69) is 14.7 Å². The van der Waals surface area contributed by atoms with Gasteiger partial charge in [-0.3, -0.25) is 0 Å². The second-order valence-corrected chi connectivity index (χ2v) is 6.55. The van der Waals surface area contributed by atoms with Crippen LogP contribution >= 0.6 is 34.5 Å². The topological polar surface area (TPSA) is 35.0 Å². The van der Waals surface area contributed by atoms with Crippen LogP contribution in [0.3, 0.4) is 0 Å². The first-order valence-corrected chi connectivity index (χ1v) is 8.18. The number of aryl methyl sites for hydroxylation is 2. The molecule has 0 saturated heterocycles. The molecule has 0 atom stereocenters. The summed E-state index contributed by atoms with van der Waals surface area (Å²) < 4.78 is 10.3. The van der Waals surface area contributed by atoms with Crippen molar-refractivity contribution < 1.29 is 4.74 Å². The number of hydrogen-bond donors (Lipinski definition) is 0. The molecule has 100 valence electrons. The van der Waals surface area contributed by atoms with Gasteiger partial charge in [-0.15, -0.1) is 11.3 Å². The van der Waals surface area contributed by atoms with Crippen LogP contribution in [-0.2, 0) is 12.8 Å². The number of pyridine rings is 1. The summed E-state index contributed by atoms with van der Waals surface area (Å²) in [6.07, 6.45) is 5.73. The Morgan fingerprint density at radius 2 is 2.05 bits per heavy atom. The van der Waals surface area contributed by atoms with Gasteiger partial charge >= 0.3 is 0 Å². The minimum absolute atomic E-state index is 0.468. The molecule has 0 N–H and O–H groups in total. The van der Waals surface area contributed by atoms with Crippen LogP contribution in [0, 0.1) is 0 Å². The summed E-state index contributed by atoms with van der Waals surface area (Å²) in [7, 11) is 0. The van der Waals surface area contributed by atoms with E-state index in [0.29, 0.717) is 10.9 Å². The van der Waals surface area contributed by atoms with Crippen molar-refractivity contribution in [2.45, 2.75) is 12.8 Å². The summed E-state index contributed by atoms with van der Waals surface area (Å²) in [4.78, 5) is 5.28. The smallest absolute Gasteiger partial charge is 0.190 e. The number of thiophene rings is 1. The average molecular weight is 321 g/mol. The third kappa shape index (κ3) is 2.02. The molecule has 0 bridgehead atoms. The molecule has 20 heavy (non-hydrogen) atoms. The summed E-state index contributed by atoms with van der Waals surface area (Å²) in [5.74, 6) is 0.704. The average Bonchev–Trinajstić information content (AvgIpc) is 3.07. The van der Waals surface area contributed by atoms with Gasteiger partial charge in [-0.25, -0.2) is 9.36 Å². The normalized spacial score (nSPS) is 12.8. The lowest BCUT2D eigenvalue weighted by Crippen LogP contribution is -1.99. The third-order valence-corrected chi connectivity index (χ3v) is 5.27. The van der Waals surface area contributed by atoms with Gasteiger partial charge in [0.1, 0.15) is 10.9 Å². The third-order valence-electron chi connectivity index (χ3n) is 3.28. The van der Waals surface area contributed by atoms with E-state index in [4.69, 9.17) is 16.3 Å². The predicted octanol–water partition coefficient (Wildman–Crippen LogP) is 4.81. The Morgan fingerprint density at radius 3 is 2.90 bits per heavy atom. The molecule has 0 radical (unpaired) electrons. The number of rotatable bonds is 2. The first-order chi connectivity index (χ1) is 9.81. The van der Waals surface area contributed by atoms with Gasteiger partial charge in [0, 0.05) is 6.20 Å². The van der Waals surface area contributed by atoms with E-state index >= 15 is 0 Å². The van der Waals surface area contributed by atoms with Gasteiger partial charge in [0.15, 0.2) is 5.06 Å². The molecule has 3 aromatic heterocycles. The monoisotopic (exact) mass is 320 g/mol. The van der Waals surface area contributed by atoms with Crippen molar-refractivity contribution >= 4 is 34.5 Å². The summed E-state index contributed by atoms with van der Waals surface area (Å²) in [5.41, 5.74) is 3.87. The zero-order chi connectivity index (χ0) is 13.5. The lowest BCUT2D eigenvalue weighted by molar-refractivity contribution is 0.495. The zero-order valence-electron chi connectivity index (χ0n) is 10.3. The first kappa shape index (κ1) is 12.3. The van der Waals surface area contributed by atoms with Crippen molar-refractivity contribution in [2.75, 3.05) is 0 Å². The number of nitrogens with zero attached hydrogens (tertiary/aromatic N) is 2. The number of fused-ring (bicyclic) bond motifs is 3. The van der Waals surface area contributed by atoms with Crippen LogP contribution in [0.5, 0.6) is 10.8 Å². The number of halogens is 1. The lowest BCUT2D eigenvalue weighted by Gasteiger charge is -2.13. The van der Waals surface area contributed by atoms with Gasteiger partial charge in [0.2, 0.25) is 0 Å². The molecular weight excluding hydrogens is 312 g/mol. The van der Waals surface area contributed by atoms with E-state index in [1.165, 1.54) is 33.1 Å². The molecule has 0 aromatic carbocycles. The molecule has 1 aliphatic carbocycles. The highest BCUT2D eigenvalue weighted by atomic mass is 35.5. The summed E-state index contributed by atoms with van der Waals surface area (Å²) in [5, 5.41) is 3.56. The largest absolute Gasteiger partial charge is 0.444 e. The maximum Gasteiger partial charge on any atom is 0.190 e. The van der Waals surface area contributed by atoms with Crippen molar-refractivity contribution in [1.29, 1.82) is 0 Å². The molecule has 4 rings (SSSR count). The zero-order valence-corrected chi connectivity index (χ0v) is 12.7. The standard InChI is InChI=1S/C14H9ClN2OS2/c15-11-4-3-10(6-16-11)18-14-12-9(7-19-14)2-1-8-5-17-20-13(8)12/h3-7H,1-2H2. The minimum Gasteiger partial charge on any atom is -0.444 e. The Balaban J connectivity index is 1.75. The molecule has 3 aromatic rings. The quantitative estimate of drug-likeness (QED) is 0.635. The van der Waals surface area contributed by atoms with E-state index in [1.54, 1.807) is 23.6 Å².